The Kier molecular flexibility index (Phi) is 4.85. The lowest BCUT2D eigenvalue weighted by Gasteiger charge is -2.25. The second kappa shape index (κ2) is 5.86. The third-order valence-corrected chi connectivity index (χ3v) is 2.94. The van der Waals surface area contributed by atoms with Gasteiger partial charge in [0.25, 0.3) is 0 Å². The summed E-state index contributed by atoms with van der Waals surface area (Å²) in [6.07, 6.45) is -0.294. The molecule has 0 saturated heterocycles. The minimum atomic E-state index is -0.457. The fourth-order valence-electron chi connectivity index (χ4n) is 1.79. The normalized spacial score (nSPS) is 12.2. The van der Waals surface area contributed by atoms with Crippen LogP contribution in [0.25, 0.3) is 0 Å². The predicted molar refractivity (Wildman–Crippen MR) is 82.8 cm³/mol. The smallest absolute Gasteiger partial charge is 0.410 e. The van der Waals surface area contributed by atoms with Crippen LogP contribution >= 0.6 is 0 Å². The molecule has 20 heavy (non-hydrogen) atoms. The lowest BCUT2D eigenvalue weighted by molar-refractivity contribution is 0.0285. The zero-order valence-electron chi connectivity index (χ0n) is 13.8. The zero-order valence-corrected chi connectivity index (χ0v) is 13.8. The van der Waals surface area contributed by atoms with Crippen LogP contribution in [-0.4, -0.2) is 23.6 Å². The Morgan fingerprint density at radius 2 is 1.55 bits per heavy atom. The first-order chi connectivity index (χ1) is 8.99. The summed E-state index contributed by atoms with van der Waals surface area (Å²) in [4.78, 5) is 13.5. The summed E-state index contributed by atoms with van der Waals surface area (Å²) in [5.74, 6) is 0. The predicted octanol–water partition coefficient (Wildman–Crippen LogP) is 4.35. The topological polar surface area (TPSA) is 29.5 Å². The van der Waals surface area contributed by atoms with Crippen LogP contribution in [0.15, 0.2) is 24.3 Å². The summed E-state index contributed by atoms with van der Waals surface area (Å²) in [7, 11) is 1.76. The Hall–Kier alpha value is -1.51. The van der Waals surface area contributed by atoms with Gasteiger partial charge in [-0.2, -0.15) is 0 Å². The van der Waals surface area contributed by atoms with E-state index in [2.05, 4.69) is 45.0 Å². The fraction of sp³-hybridized carbons (Fsp3) is 0.588. The summed E-state index contributed by atoms with van der Waals surface area (Å²) >= 11 is 0. The van der Waals surface area contributed by atoms with E-state index in [0.29, 0.717) is 6.54 Å². The molecule has 0 bridgehead atoms. The molecule has 0 N–H and O–H groups in total. The summed E-state index contributed by atoms with van der Waals surface area (Å²) < 4.78 is 5.34. The standard InChI is InChI=1S/C17H27NO2/c1-16(2,3)14-10-8-13(9-11-14)12-18(7)15(19)20-17(4,5)6/h8-11H,12H2,1-7H3. The molecule has 0 aliphatic heterocycles. The maximum absolute atomic E-state index is 11.9. The molecule has 0 saturated carbocycles. The van der Waals surface area contributed by atoms with Crippen LogP contribution in [0.2, 0.25) is 0 Å². The van der Waals surface area contributed by atoms with Gasteiger partial charge in [0.1, 0.15) is 5.60 Å². The average molecular weight is 277 g/mol. The van der Waals surface area contributed by atoms with Crippen molar-refractivity contribution in [1.82, 2.24) is 4.90 Å². The van der Waals surface area contributed by atoms with Gasteiger partial charge < -0.3 is 9.64 Å². The monoisotopic (exact) mass is 277 g/mol. The highest BCUT2D eigenvalue weighted by molar-refractivity contribution is 5.67. The molecule has 0 unspecified atom stereocenters. The minimum Gasteiger partial charge on any atom is -0.444 e. The molecular weight excluding hydrogens is 250 g/mol. The number of hydrogen-bond donors (Lipinski definition) is 0. The van der Waals surface area contributed by atoms with Gasteiger partial charge in [0, 0.05) is 13.6 Å². The van der Waals surface area contributed by atoms with Crippen molar-refractivity contribution in [1.29, 1.82) is 0 Å². The molecule has 3 nitrogen and oxygen atoms in total. The van der Waals surface area contributed by atoms with Crippen LogP contribution in [-0.2, 0) is 16.7 Å². The second-order valence-electron chi connectivity index (χ2n) is 7.28. The van der Waals surface area contributed by atoms with Gasteiger partial charge in [0.05, 0.1) is 0 Å². The number of carbonyl (C=O) groups is 1. The van der Waals surface area contributed by atoms with Crippen LogP contribution in [0.3, 0.4) is 0 Å². The molecule has 0 heterocycles. The molecule has 3 heteroatoms. The van der Waals surface area contributed by atoms with Crippen molar-refractivity contribution in [2.24, 2.45) is 0 Å². The number of rotatable bonds is 2. The highest BCUT2D eigenvalue weighted by atomic mass is 16.6. The number of hydrogen-bond acceptors (Lipinski definition) is 2. The fourth-order valence-corrected chi connectivity index (χ4v) is 1.79. The summed E-state index contributed by atoms with van der Waals surface area (Å²) in [5, 5.41) is 0. The molecule has 0 aliphatic carbocycles. The van der Waals surface area contributed by atoms with Crippen molar-refractivity contribution in [3.8, 4) is 0 Å². The van der Waals surface area contributed by atoms with Crippen molar-refractivity contribution in [3.63, 3.8) is 0 Å². The van der Waals surface area contributed by atoms with Gasteiger partial charge in [0.2, 0.25) is 0 Å². The van der Waals surface area contributed by atoms with Crippen LogP contribution in [0.4, 0.5) is 4.79 Å². The number of amides is 1. The van der Waals surface area contributed by atoms with E-state index in [4.69, 9.17) is 4.74 Å². The Morgan fingerprint density at radius 1 is 1.05 bits per heavy atom. The van der Waals surface area contributed by atoms with Crippen molar-refractivity contribution < 1.29 is 9.53 Å². The maximum Gasteiger partial charge on any atom is 0.410 e. The number of ether oxygens (including phenoxy) is 1. The van der Waals surface area contributed by atoms with Gasteiger partial charge in [0.15, 0.2) is 0 Å². The first kappa shape index (κ1) is 16.5. The molecule has 0 aliphatic rings. The van der Waals surface area contributed by atoms with E-state index in [9.17, 15) is 4.79 Å². The van der Waals surface area contributed by atoms with Gasteiger partial charge in [-0.05, 0) is 37.3 Å². The lowest BCUT2D eigenvalue weighted by Crippen LogP contribution is -2.33. The van der Waals surface area contributed by atoms with E-state index in [1.807, 2.05) is 20.8 Å². The molecular formula is C17H27NO2. The van der Waals surface area contributed by atoms with Crippen LogP contribution in [0, 0.1) is 0 Å². The van der Waals surface area contributed by atoms with Crippen molar-refractivity contribution in [2.75, 3.05) is 7.05 Å². The Morgan fingerprint density at radius 3 is 1.95 bits per heavy atom. The molecule has 1 rings (SSSR count). The number of carbonyl (C=O) groups excluding carboxylic acids is 1. The van der Waals surface area contributed by atoms with Gasteiger partial charge in [-0.3, -0.25) is 0 Å². The van der Waals surface area contributed by atoms with E-state index >= 15 is 0 Å². The number of benzene rings is 1. The van der Waals surface area contributed by atoms with Gasteiger partial charge >= 0.3 is 6.09 Å². The Bertz CT molecular complexity index is 449. The van der Waals surface area contributed by atoms with E-state index in [-0.39, 0.29) is 11.5 Å². The van der Waals surface area contributed by atoms with Crippen molar-refractivity contribution >= 4 is 6.09 Å². The van der Waals surface area contributed by atoms with E-state index in [0.717, 1.165) is 5.56 Å². The van der Waals surface area contributed by atoms with E-state index < -0.39 is 5.60 Å². The van der Waals surface area contributed by atoms with Crippen LogP contribution in [0.5, 0.6) is 0 Å². The Labute approximate surface area is 122 Å². The van der Waals surface area contributed by atoms with E-state index in [1.54, 1.807) is 11.9 Å². The molecule has 0 spiro atoms. The molecule has 0 atom stereocenters. The molecule has 1 aromatic rings. The zero-order chi connectivity index (χ0) is 15.6. The minimum absolute atomic E-state index is 0.148. The molecule has 0 aromatic heterocycles. The lowest BCUT2D eigenvalue weighted by atomic mass is 9.87. The third-order valence-electron chi connectivity index (χ3n) is 2.94. The molecule has 1 amide bonds. The second-order valence-corrected chi connectivity index (χ2v) is 7.28. The molecule has 112 valence electrons. The average Bonchev–Trinajstić information content (AvgIpc) is 2.26. The summed E-state index contributed by atoms with van der Waals surface area (Å²) in [6.45, 7) is 12.7. The highest BCUT2D eigenvalue weighted by Crippen LogP contribution is 2.22. The van der Waals surface area contributed by atoms with Crippen molar-refractivity contribution in [2.45, 2.75) is 59.1 Å². The van der Waals surface area contributed by atoms with Gasteiger partial charge in [-0.15, -0.1) is 0 Å². The third kappa shape index (κ3) is 5.24. The highest BCUT2D eigenvalue weighted by Gasteiger charge is 2.20. The largest absolute Gasteiger partial charge is 0.444 e. The van der Waals surface area contributed by atoms with E-state index in [1.165, 1.54) is 5.56 Å². The summed E-state index contributed by atoms with van der Waals surface area (Å²) in [5.41, 5.74) is 2.09. The Balaban J connectivity index is 2.67. The summed E-state index contributed by atoms with van der Waals surface area (Å²) in [6, 6.07) is 8.39. The van der Waals surface area contributed by atoms with Crippen LogP contribution < -0.4 is 0 Å². The van der Waals surface area contributed by atoms with Crippen LogP contribution in [0.1, 0.15) is 52.7 Å². The molecule has 1 aromatic carbocycles. The quantitative estimate of drug-likeness (QED) is 0.804. The first-order valence-electron chi connectivity index (χ1n) is 7.02. The first-order valence-corrected chi connectivity index (χ1v) is 7.02. The maximum atomic E-state index is 11.9. The van der Waals surface area contributed by atoms with Crippen molar-refractivity contribution in [3.05, 3.63) is 35.4 Å². The van der Waals surface area contributed by atoms with Gasteiger partial charge in [-0.25, -0.2) is 4.79 Å². The number of nitrogens with zero attached hydrogens (tertiary/aromatic N) is 1. The SMILES string of the molecule is CN(Cc1ccc(C(C)(C)C)cc1)C(=O)OC(C)(C)C. The molecule has 0 radical (unpaired) electrons. The van der Waals surface area contributed by atoms with Gasteiger partial charge in [-0.1, -0.05) is 45.0 Å². The molecule has 0 fully saturated rings.